The minimum atomic E-state index is -0.641. The lowest BCUT2D eigenvalue weighted by Gasteiger charge is -2.08. The molecule has 1 amide bonds. The van der Waals surface area contributed by atoms with Gasteiger partial charge in [-0.15, -0.1) is 11.3 Å². The molecular weight excluding hydrogens is 400 g/mol. The summed E-state index contributed by atoms with van der Waals surface area (Å²) in [6.45, 7) is 1.90. The number of anilines is 1. The molecule has 2 N–H and O–H groups in total. The smallest absolute Gasteiger partial charge is 0.341 e. The van der Waals surface area contributed by atoms with Crippen molar-refractivity contribution in [2.24, 2.45) is 0 Å². The van der Waals surface area contributed by atoms with Gasteiger partial charge < -0.3 is 15.2 Å². The molecular formula is C23H18N2O4S. The van der Waals surface area contributed by atoms with Crippen LogP contribution in [-0.4, -0.2) is 23.6 Å². The molecule has 6 nitrogen and oxygen atoms in total. The zero-order chi connectivity index (χ0) is 21.5. The summed E-state index contributed by atoms with van der Waals surface area (Å²) >= 11 is 1.19. The lowest BCUT2D eigenvalue weighted by atomic mass is 10.0. The molecule has 0 aliphatic rings. The first kappa shape index (κ1) is 20.8. The molecule has 0 spiro atoms. The van der Waals surface area contributed by atoms with Gasteiger partial charge >= 0.3 is 5.97 Å². The molecule has 3 rings (SSSR count). The number of phenols is 1. The predicted molar refractivity (Wildman–Crippen MR) is 116 cm³/mol. The van der Waals surface area contributed by atoms with Crippen molar-refractivity contribution in [3.8, 4) is 22.9 Å². The Kier molecular flexibility index (Phi) is 6.63. The van der Waals surface area contributed by atoms with Crippen molar-refractivity contribution in [3.05, 3.63) is 76.7 Å². The number of amides is 1. The molecule has 1 aromatic heterocycles. The normalized spacial score (nSPS) is 10.9. The van der Waals surface area contributed by atoms with Gasteiger partial charge in [-0.2, -0.15) is 5.26 Å². The van der Waals surface area contributed by atoms with E-state index in [-0.39, 0.29) is 23.5 Å². The summed E-state index contributed by atoms with van der Waals surface area (Å²) in [5, 5.41) is 23.5. The number of esters is 1. The fraction of sp³-hybridized carbons (Fsp3) is 0.0870. The number of thiophene rings is 1. The van der Waals surface area contributed by atoms with Gasteiger partial charge in [0.2, 0.25) is 0 Å². The Bertz CT molecular complexity index is 1130. The average molecular weight is 418 g/mol. The summed E-state index contributed by atoms with van der Waals surface area (Å²) in [5.41, 5.74) is 2.17. The first-order chi connectivity index (χ1) is 14.5. The number of phenolic OH excluding ortho intramolecular Hbond substituents is 1. The number of aromatic hydroxyl groups is 1. The third-order valence-corrected chi connectivity index (χ3v) is 5.05. The first-order valence-electron chi connectivity index (χ1n) is 9.09. The maximum Gasteiger partial charge on any atom is 0.341 e. The van der Waals surface area contributed by atoms with Crippen LogP contribution in [0.15, 0.2) is 65.6 Å². The molecule has 2 aromatic carbocycles. The minimum absolute atomic E-state index is 0.0845. The molecule has 0 aliphatic heterocycles. The van der Waals surface area contributed by atoms with Crippen LogP contribution in [0, 0.1) is 11.3 Å². The number of nitriles is 1. The van der Waals surface area contributed by atoms with Gasteiger partial charge in [-0.25, -0.2) is 4.79 Å². The molecule has 0 saturated heterocycles. The number of nitrogens with zero attached hydrogens (tertiary/aromatic N) is 1. The molecule has 150 valence electrons. The van der Waals surface area contributed by atoms with Crippen molar-refractivity contribution in [1.29, 1.82) is 5.26 Å². The molecule has 0 fully saturated rings. The fourth-order valence-electron chi connectivity index (χ4n) is 2.74. The summed E-state index contributed by atoms with van der Waals surface area (Å²) in [6.07, 6.45) is 1.41. The molecule has 3 aromatic rings. The maximum atomic E-state index is 12.7. The van der Waals surface area contributed by atoms with Gasteiger partial charge in [-0.3, -0.25) is 4.79 Å². The van der Waals surface area contributed by atoms with E-state index in [0.29, 0.717) is 16.1 Å². The van der Waals surface area contributed by atoms with Crippen molar-refractivity contribution < 1.29 is 19.4 Å². The molecule has 30 heavy (non-hydrogen) atoms. The third-order valence-electron chi connectivity index (χ3n) is 4.15. The fourth-order valence-corrected chi connectivity index (χ4v) is 3.69. The Labute approximate surface area is 177 Å². The van der Waals surface area contributed by atoms with E-state index in [1.165, 1.54) is 29.5 Å². The number of hydrogen-bond acceptors (Lipinski definition) is 6. The summed E-state index contributed by atoms with van der Waals surface area (Å²) in [4.78, 5) is 25.3. The van der Waals surface area contributed by atoms with Crippen LogP contribution in [0.5, 0.6) is 5.75 Å². The highest BCUT2D eigenvalue weighted by Gasteiger charge is 2.23. The Hall–Kier alpha value is -3.89. The van der Waals surface area contributed by atoms with E-state index < -0.39 is 11.9 Å². The van der Waals surface area contributed by atoms with E-state index in [9.17, 15) is 20.0 Å². The van der Waals surface area contributed by atoms with E-state index >= 15 is 0 Å². The van der Waals surface area contributed by atoms with Crippen LogP contribution in [0.4, 0.5) is 5.00 Å². The lowest BCUT2D eigenvalue weighted by Crippen LogP contribution is -2.16. The number of nitrogens with one attached hydrogen (secondary N) is 1. The van der Waals surface area contributed by atoms with E-state index in [1.54, 1.807) is 24.4 Å². The third kappa shape index (κ3) is 4.74. The summed E-state index contributed by atoms with van der Waals surface area (Å²) in [7, 11) is 0. The SMILES string of the molecule is CCOC(=O)c1c(-c2ccccc2)csc1NC(=O)/C(C#N)=C/c1ccc(O)cc1. The highest BCUT2D eigenvalue weighted by Crippen LogP contribution is 2.36. The molecule has 0 atom stereocenters. The molecule has 1 heterocycles. The van der Waals surface area contributed by atoms with Gasteiger partial charge in [0.05, 0.1) is 6.61 Å². The second-order valence-corrected chi connectivity index (χ2v) is 7.04. The van der Waals surface area contributed by atoms with Crippen molar-refractivity contribution in [2.75, 3.05) is 11.9 Å². The minimum Gasteiger partial charge on any atom is -0.508 e. The summed E-state index contributed by atoms with van der Waals surface area (Å²) in [5.74, 6) is -1.10. The number of rotatable bonds is 6. The molecule has 0 saturated carbocycles. The van der Waals surface area contributed by atoms with E-state index in [1.807, 2.05) is 36.4 Å². The van der Waals surface area contributed by atoms with E-state index in [2.05, 4.69) is 5.32 Å². The van der Waals surface area contributed by atoms with Crippen LogP contribution in [0.25, 0.3) is 17.2 Å². The Morgan fingerprint density at radius 3 is 2.50 bits per heavy atom. The zero-order valence-electron chi connectivity index (χ0n) is 16.1. The summed E-state index contributed by atoms with van der Waals surface area (Å²) in [6, 6.07) is 17.3. The van der Waals surface area contributed by atoms with Gasteiger partial charge in [0.1, 0.15) is 28.0 Å². The highest BCUT2D eigenvalue weighted by molar-refractivity contribution is 7.15. The van der Waals surface area contributed by atoms with Crippen molar-refractivity contribution in [2.45, 2.75) is 6.92 Å². The van der Waals surface area contributed by atoms with Gasteiger partial charge in [-0.05, 0) is 36.3 Å². The van der Waals surface area contributed by atoms with Crippen LogP contribution in [0.2, 0.25) is 0 Å². The van der Waals surface area contributed by atoms with Crippen LogP contribution in [0.1, 0.15) is 22.8 Å². The van der Waals surface area contributed by atoms with Gasteiger partial charge in [0.15, 0.2) is 0 Å². The van der Waals surface area contributed by atoms with Crippen molar-refractivity contribution >= 4 is 34.3 Å². The molecule has 7 heteroatoms. The molecule has 0 radical (unpaired) electrons. The number of benzene rings is 2. The van der Waals surface area contributed by atoms with Crippen LogP contribution >= 0.6 is 11.3 Å². The quantitative estimate of drug-likeness (QED) is 0.339. The van der Waals surface area contributed by atoms with Crippen LogP contribution in [0.3, 0.4) is 0 Å². The van der Waals surface area contributed by atoms with E-state index in [4.69, 9.17) is 4.74 Å². The van der Waals surface area contributed by atoms with Crippen molar-refractivity contribution in [1.82, 2.24) is 0 Å². The number of carbonyl (C=O) groups is 2. The molecule has 0 unspecified atom stereocenters. The monoisotopic (exact) mass is 418 g/mol. The molecule has 0 aliphatic carbocycles. The van der Waals surface area contributed by atoms with Crippen LogP contribution in [-0.2, 0) is 9.53 Å². The highest BCUT2D eigenvalue weighted by atomic mass is 32.1. The number of carbonyl (C=O) groups excluding carboxylic acids is 2. The standard InChI is InChI=1S/C23H18N2O4S/c1-2-29-23(28)20-19(16-6-4-3-5-7-16)14-30-22(20)25-21(27)17(13-24)12-15-8-10-18(26)11-9-15/h3-12,14,26H,2H2,1H3,(H,25,27)/b17-12+. The first-order valence-corrected chi connectivity index (χ1v) is 9.97. The second-order valence-electron chi connectivity index (χ2n) is 6.16. The largest absolute Gasteiger partial charge is 0.508 e. The number of hydrogen-bond donors (Lipinski definition) is 2. The summed E-state index contributed by atoms with van der Waals surface area (Å²) < 4.78 is 5.18. The Morgan fingerprint density at radius 1 is 1.17 bits per heavy atom. The Morgan fingerprint density at radius 2 is 1.87 bits per heavy atom. The van der Waals surface area contributed by atoms with Gasteiger partial charge in [0, 0.05) is 10.9 Å². The predicted octanol–water partition coefficient (Wildman–Crippen LogP) is 4.84. The second kappa shape index (κ2) is 9.54. The van der Waals surface area contributed by atoms with Gasteiger partial charge in [0.25, 0.3) is 5.91 Å². The molecule has 0 bridgehead atoms. The lowest BCUT2D eigenvalue weighted by molar-refractivity contribution is -0.112. The van der Waals surface area contributed by atoms with Crippen LogP contribution < -0.4 is 5.32 Å². The Balaban J connectivity index is 1.94. The zero-order valence-corrected chi connectivity index (χ0v) is 16.9. The maximum absolute atomic E-state index is 12.7. The topological polar surface area (TPSA) is 99.4 Å². The van der Waals surface area contributed by atoms with Crippen molar-refractivity contribution in [3.63, 3.8) is 0 Å². The van der Waals surface area contributed by atoms with Gasteiger partial charge in [-0.1, -0.05) is 42.5 Å². The van der Waals surface area contributed by atoms with E-state index in [0.717, 1.165) is 5.56 Å². The average Bonchev–Trinajstić information content (AvgIpc) is 3.17. The number of ether oxygens (including phenoxy) is 1.